The van der Waals surface area contributed by atoms with Gasteiger partial charge >= 0.3 is 0 Å². The molecular formula is C9H13NO. The lowest BCUT2D eigenvalue weighted by molar-refractivity contribution is -0.113. The van der Waals surface area contributed by atoms with E-state index >= 15 is 0 Å². The lowest BCUT2D eigenvalue weighted by Gasteiger charge is -2.02. The number of nitrogens with two attached hydrogens (primary N) is 1. The van der Waals surface area contributed by atoms with E-state index in [-0.39, 0.29) is 5.78 Å². The van der Waals surface area contributed by atoms with Gasteiger partial charge in [0.05, 0.1) is 0 Å². The number of carbonyl (C=O) groups excluding carboxylic acids is 1. The van der Waals surface area contributed by atoms with Gasteiger partial charge in [0.1, 0.15) is 0 Å². The maximum atomic E-state index is 10.8. The second-order valence-electron chi connectivity index (χ2n) is 2.38. The van der Waals surface area contributed by atoms with E-state index < -0.39 is 0 Å². The van der Waals surface area contributed by atoms with Crippen molar-refractivity contribution in [3.05, 3.63) is 11.3 Å². The molecular weight excluding hydrogens is 138 g/mol. The molecule has 0 saturated heterocycles. The van der Waals surface area contributed by atoms with Gasteiger partial charge in [-0.3, -0.25) is 4.79 Å². The maximum Gasteiger partial charge on any atom is 0.209 e. The van der Waals surface area contributed by atoms with Gasteiger partial charge in [-0.1, -0.05) is 6.92 Å². The molecule has 0 aromatic heterocycles. The zero-order chi connectivity index (χ0) is 8.85. The Kier molecular flexibility index (Phi) is 4.05. The number of terminal acetylenes is 1. The number of carbonyl (C=O) groups is 1. The quantitative estimate of drug-likeness (QED) is 0.487. The summed E-state index contributed by atoms with van der Waals surface area (Å²) in [6, 6.07) is 0. The maximum absolute atomic E-state index is 10.8. The fraction of sp³-hybridized carbons (Fsp3) is 0.444. The first-order chi connectivity index (χ1) is 5.11. The van der Waals surface area contributed by atoms with E-state index in [0.29, 0.717) is 12.1 Å². The summed E-state index contributed by atoms with van der Waals surface area (Å²) in [6.45, 7) is 3.73. The molecule has 0 aromatic rings. The van der Waals surface area contributed by atoms with Gasteiger partial charge in [-0.15, -0.1) is 6.42 Å². The average molecular weight is 151 g/mol. The molecule has 0 saturated carbocycles. The lowest BCUT2D eigenvalue weighted by atomic mass is 10.1. The van der Waals surface area contributed by atoms with Gasteiger partial charge in [-0.25, -0.2) is 0 Å². The first-order valence-electron chi connectivity index (χ1n) is 3.55. The van der Waals surface area contributed by atoms with E-state index in [9.17, 15) is 4.79 Å². The molecule has 0 heterocycles. The Balaban J connectivity index is 4.25. The standard InChI is InChI=1S/C9H13NO/c1-4-8(7(3)10)6-9(11)5-2/h2H,4,6,10H2,1,3H3/b8-7+. The summed E-state index contributed by atoms with van der Waals surface area (Å²) in [6.07, 6.45) is 6.00. The van der Waals surface area contributed by atoms with Gasteiger partial charge in [0.2, 0.25) is 5.78 Å². The molecule has 0 aliphatic rings. The zero-order valence-corrected chi connectivity index (χ0v) is 6.98. The van der Waals surface area contributed by atoms with Crippen LogP contribution in [0.25, 0.3) is 0 Å². The number of rotatable bonds is 3. The van der Waals surface area contributed by atoms with Crippen LogP contribution in [-0.4, -0.2) is 5.78 Å². The summed E-state index contributed by atoms with van der Waals surface area (Å²) >= 11 is 0. The summed E-state index contributed by atoms with van der Waals surface area (Å²) in [5.41, 5.74) is 7.15. The molecule has 60 valence electrons. The van der Waals surface area contributed by atoms with Gasteiger partial charge in [-0.05, 0) is 24.8 Å². The molecule has 0 unspecified atom stereocenters. The molecule has 0 aromatic carbocycles. The van der Waals surface area contributed by atoms with Crippen LogP contribution in [-0.2, 0) is 4.79 Å². The van der Waals surface area contributed by atoms with Crippen molar-refractivity contribution in [2.24, 2.45) is 5.73 Å². The normalized spacial score (nSPS) is 11.7. The van der Waals surface area contributed by atoms with Crippen molar-refractivity contribution in [1.29, 1.82) is 0 Å². The smallest absolute Gasteiger partial charge is 0.209 e. The summed E-state index contributed by atoms with van der Waals surface area (Å²) in [5, 5.41) is 0. The lowest BCUT2D eigenvalue weighted by Crippen LogP contribution is -2.02. The minimum Gasteiger partial charge on any atom is -0.402 e. The molecule has 0 spiro atoms. The SMILES string of the molecule is C#CC(=O)C/C(CC)=C(\C)N. The number of ketones is 1. The molecule has 0 atom stereocenters. The fourth-order valence-electron chi connectivity index (χ4n) is 0.788. The number of allylic oxidation sites excluding steroid dienone is 2. The summed E-state index contributed by atoms with van der Waals surface area (Å²) in [5.74, 6) is 1.85. The van der Waals surface area contributed by atoms with Crippen molar-refractivity contribution >= 4 is 5.78 Å². The molecule has 11 heavy (non-hydrogen) atoms. The van der Waals surface area contributed by atoms with Crippen LogP contribution in [0.5, 0.6) is 0 Å². The van der Waals surface area contributed by atoms with E-state index in [4.69, 9.17) is 12.2 Å². The average Bonchev–Trinajstić information content (AvgIpc) is 1.99. The third-order valence-corrected chi connectivity index (χ3v) is 1.52. The number of Topliss-reactive ketones (excluding diaryl/α,β-unsaturated/α-hetero) is 1. The van der Waals surface area contributed by atoms with Crippen LogP contribution in [0.1, 0.15) is 26.7 Å². The van der Waals surface area contributed by atoms with Crippen LogP contribution in [0.4, 0.5) is 0 Å². The van der Waals surface area contributed by atoms with Crippen molar-refractivity contribution in [3.8, 4) is 12.3 Å². The highest BCUT2D eigenvalue weighted by Gasteiger charge is 2.02. The minimum absolute atomic E-state index is 0.202. The minimum atomic E-state index is -0.202. The van der Waals surface area contributed by atoms with Crippen molar-refractivity contribution < 1.29 is 4.79 Å². The van der Waals surface area contributed by atoms with Gasteiger partial charge in [0.15, 0.2) is 0 Å². The third kappa shape index (κ3) is 3.47. The van der Waals surface area contributed by atoms with E-state index in [1.54, 1.807) is 6.92 Å². The van der Waals surface area contributed by atoms with E-state index in [2.05, 4.69) is 5.92 Å². The van der Waals surface area contributed by atoms with Crippen LogP contribution in [0.2, 0.25) is 0 Å². The third-order valence-electron chi connectivity index (χ3n) is 1.52. The first kappa shape index (κ1) is 9.77. The van der Waals surface area contributed by atoms with Crippen LogP contribution < -0.4 is 5.73 Å². The van der Waals surface area contributed by atoms with Crippen LogP contribution in [0.15, 0.2) is 11.3 Å². The van der Waals surface area contributed by atoms with Crippen molar-refractivity contribution in [1.82, 2.24) is 0 Å². The Morgan fingerprint density at radius 1 is 1.64 bits per heavy atom. The Morgan fingerprint density at radius 2 is 2.18 bits per heavy atom. The predicted molar refractivity (Wildman–Crippen MR) is 45.6 cm³/mol. The first-order valence-corrected chi connectivity index (χ1v) is 3.55. The Hall–Kier alpha value is -1.23. The molecule has 0 aliphatic heterocycles. The molecule has 0 amide bonds. The van der Waals surface area contributed by atoms with E-state index in [1.807, 2.05) is 6.92 Å². The van der Waals surface area contributed by atoms with Crippen molar-refractivity contribution in [2.45, 2.75) is 26.7 Å². The van der Waals surface area contributed by atoms with Gasteiger partial charge in [0, 0.05) is 12.1 Å². The molecule has 0 radical (unpaired) electrons. The molecule has 0 fully saturated rings. The highest BCUT2D eigenvalue weighted by Crippen LogP contribution is 2.08. The largest absolute Gasteiger partial charge is 0.402 e. The molecule has 2 N–H and O–H groups in total. The Morgan fingerprint density at radius 3 is 2.45 bits per heavy atom. The molecule has 0 bridgehead atoms. The highest BCUT2D eigenvalue weighted by molar-refractivity contribution is 5.96. The van der Waals surface area contributed by atoms with Crippen molar-refractivity contribution in [2.75, 3.05) is 0 Å². The van der Waals surface area contributed by atoms with Crippen LogP contribution >= 0.6 is 0 Å². The summed E-state index contributed by atoms with van der Waals surface area (Å²) in [7, 11) is 0. The highest BCUT2D eigenvalue weighted by atomic mass is 16.1. The van der Waals surface area contributed by atoms with Crippen molar-refractivity contribution in [3.63, 3.8) is 0 Å². The van der Waals surface area contributed by atoms with Crippen LogP contribution in [0, 0.1) is 12.3 Å². The van der Waals surface area contributed by atoms with Crippen LogP contribution in [0.3, 0.4) is 0 Å². The van der Waals surface area contributed by atoms with Gasteiger partial charge in [0.25, 0.3) is 0 Å². The summed E-state index contributed by atoms with van der Waals surface area (Å²) in [4.78, 5) is 10.8. The fourth-order valence-corrected chi connectivity index (χ4v) is 0.788. The Labute approximate surface area is 67.5 Å². The second-order valence-corrected chi connectivity index (χ2v) is 2.38. The van der Waals surface area contributed by atoms with E-state index in [0.717, 1.165) is 12.0 Å². The van der Waals surface area contributed by atoms with E-state index in [1.165, 1.54) is 0 Å². The number of hydrogen-bond acceptors (Lipinski definition) is 2. The number of hydrogen-bond donors (Lipinski definition) is 1. The second kappa shape index (κ2) is 4.56. The molecule has 0 aliphatic carbocycles. The van der Waals surface area contributed by atoms with Gasteiger partial charge < -0.3 is 5.73 Å². The Bertz CT molecular complexity index is 216. The predicted octanol–water partition coefficient (Wildman–Crippen LogP) is 1.22. The monoisotopic (exact) mass is 151 g/mol. The summed E-state index contributed by atoms with van der Waals surface area (Å²) < 4.78 is 0. The van der Waals surface area contributed by atoms with Gasteiger partial charge in [-0.2, -0.15) is 0 Å². The molecule has 2 nitrogen and oxygen atoms in total. The molecule has 0 rings (SSSR count). The zero-order valence-electron chi connectivity index (χ0n) is 6.98. The molecule has 2 heteroatoms. The topological polar surface area (TPSA) is 43.1 Å².